The van der Waals surface area contributed by atoms with Crippen molar-refractivity contribution in [2.45, 2.75) is 33.4 Å². The van der Waals surface area contributed by atoms with Crippen molar-refractivity contribution in [1.82, 2.24) is 5.32 Å². The molecule has 0 spiro atoms. The van der Waals surface area contributed by atoms with Crippen LogP contribution >= 0.6 is 0 Å². The van der Waals surface area contributed by atoms with E-state index in [4.69, 9.17) is 14.2 Å². The lowest BCUT2D eigenvalue weighted by molar-refractivity contribution is 0.0905. The molecule has 5 heteroatoms. The third-order valence-corrected chi connectivity index (χ3v) is 4.21. The highest BCUT2D eigenvalue weighted by Gasteiger charge is 2.13. The number of hydrogen-bond acceptors (Lipinski definition) is 4. The normalized spacial score (nSPS) is 11.7. The number of carbonyl (C=O) groups is 1. The lowest BCUT2D eigenvalue weighted by Crippen LogP contribution is -2.35. The van der Waals surface area contributed by atoms with Gasteiger partial charge in [0.15, 0.2) is 0 Å². The van der Waals surface area contributed by atoms with E-state index in [1.807, 2.05) is 25.1 Å². The molecular formula is C21H27NO4. The van der Waals surface area contributed by atoms with Crippen LogP contribution in [0.25, 0.3) is 0 Å². The molecule has 0 bridgehead atoms. The fourth-order valence-corrected chi connectivity index (χ4v) is 2.60. The van der Waals surface area contributed by atoms with E-state index in [9.17, 15) is 4.79 Å². The van der Waals surface area contributed by atoms with Crippen molar-refractivity contribution in [3.05, 3.63) is 58.7 Å². The molecule has 0 aliphatic carbocycles. The Bertz CT molecular complexity index is 758. The van der Waals surface area contributed by atoms with Crippen LogP contribution < -0.4 is 14.8 Å². The average Bonchev–Trinajstić information content (AvgIpc) is 2.62. The Morgan fingerprint density at radius 1 is 1.08 bits per heavy atom. The largest absolute Gasteiger partial charge is 0.496 e. The molecule has 0 aliphatic rings. The van der Waals surface area contributed by atoms with Gasteiger partial charge in [0.1, 0.15) is 18.1 Å². The van der Waals surface area contributed by atoms with E-state index in [1.54, 1.807) is 32.4 Å². The predicted molar refractivity (Wildman–Crippen MR) is 102 cm³/mol. The van der Waals surface area contributed by atoms with Crippen LogP contribution in [0.1, 0.15) is 34.0 Å². The van der Waals surface area contributed by atoms with E-state index in [0.717, 1.165) is 11.3 Å². The molecule has 2 aromatic carbocycles. The minimum atomic E-state index is -0.148. The average molecular weight is 357 g/mol. The second kappa shape index (κ2) is 9.25. The number of nitrogens with one attached hydrogen (secondary N) is 1. The minimum absolute atomic E-state index is 0.0650. The quantitative estimate of drug-likeness (QED) is 0.783. The van der Waals surface area contributed by atoms with Crippen LogP contribution in [0.3, 0.4) is 0 Å². The molecule has 5 nitrogen and oxygen atoms in total. The molecule has 140 valence electrons. The maximum absolute atomic E-state index is 12.4. The second-order valence-electron chi connectivity index (χ2n) is 6.39. The molecule has 1 N–H and O–H groups in total. The van der Waals surface area contributed by atoms with Crippen LogP contribution in [0, 0.1) is 13.8 Å². The maximum atomic E-state index is 12.4. The zero-order chi connectivity index (χ0) is 19.1. The first-order valence-electron chi connectivity index (χ1n) is 8.61. The number of rotatable bonds is 8. The number of ether oxygens (including phenoxy) is 3. The highest BCUT2D eigenvalue weighted by molar-refractivity contribution is 5.94. The van der Waals surface area contributed by atoms with Gasteiger partial charge in [-0.3, -0.25) is 4.79 Å². The maximum Gasteiger partial charge on any atom is 0.251 e. The lowest BCUT2D eigenvalue weighted by Gasteiger charge is -2.15. The number of benzene rings is 2. The van der Waals surface area contributed by atoms with Crippen LogP contribution in [-0.4, -0.2) is 32.8 Å². The third kappa shape index (κ3) is 5.23. The SMILES string of the molecule is COC[C@@H](C)NC(=O)c1ccc(OC)c(COc2ccc(C)c(C)c2)c1. The van der Waals surface area contributed by atoms with Crippen molar-refractivity contribution in [1.29, 1.82) is 0 Å². The van der Waals surface area contributed by atoms with Gasteiger partial charge in [0, 0.05) is 24.3 Å². The molecule has 2 rings (SSSR count). The summed E-state index contributed by atoms with van der Waals surface area (Å²) < 4.78 is 16.3. The van der Waals surface area contributed by atoms with Crippen LogP contribution in [0.2, 0.25) is 0 Å². The van der Waals surface area contributed by atoms with Gasteiger partial charge in [-0.15, -0.1) is 0 Å². The van der Waals surface area contributed by atoms with E-state index in [1.165, 1.54) is 11.1 Å². The van der Waals surface area contributed by atoms with E-state index in [0.29, 0.717) is 24.5 Å². The first-order valence-corrected chi connectivity index (χ1v) is 8.61. The smallest absolute Gasteiger partial charge is 0.251 e. The first-order chi connectivity index (χ1) is 12.4. The highest BCUT2D eigenvalue weighted by Crippen LogP contribution is 2.23. The van der Waals surface area contributed by atoms with Crippen LogP contribution in [0.5, 0.6) is 11.5 Å². The van der Waals surface area contributed by atoms with Gasteiger partial charge >= 0.3 is 0 Å². The summed E-state index contributed by atoms with van der Waals surface area (Å²) in [6, 6.07) is 11.2. The Kier molecular flexibility index (Phi) is 7.04. The summed E-state index contributed by atoms with van der Waals surface area (Å²) >= 11 is 0. The van der Waals surface area contributed by atoms with Gasteiger partial charge in [-0.25, -0.2) is 0 Å². The van der Waals surface area contributed by atoms with E-state index < -0.39 is 0 Å². The molecule has 2 aromatic rings. The van der Waals surface area contributed by atoms with Crippen LogP contribution in [0.4, 0.5) is 0 Å². The third-order valence-electron chi connectivity index (χ3n) is 4.21. The summed E-state index contributed by atoms with van der Waals surface area (Å²) in [5, 5.41) is 2.90. The molecule has 0 saturated carbocycles. The standard InChI is InChI=1S/C21H27NO4/c1-14-6-8-19(10-15(14)2)26-13-18-11-17(7-9-20(18)25-5)21(23)22-16(3)12-24-4/h6-11,16H,12-13H2,1-5H3,(H,22,23)/t16-/m1/s1. The molecule has 0 radical (unpaired) electrons. The molecule has 1 amide bonds. The van der Waals surface area contributed by atoms with Gasteiger partial charge < -0.3 is 19.5 Å². The number of hydrogen-bond donors (Lipinski definition) is 1. The molecule has 0 aliphatic heterocycles. The minimum Gasteiger partial charge on any atom is -0.496 e. The molecule has 1 atom stereocenters. The highest BCUT2D eigenvalue weighted by atomic mass is 16.5. The Hall–Kier alpha value is -2.53. The zero-order valence-electron chi connectivity index (χ0n) is 16.1. The Morgan fingerprint density at radius 2 is 1.85 bits per heavy atom. The Labute approximate surface area is 155 Å². The number of carbonyl (C=O) groups excluding carboxylic acids is 1. The summed E-state index contributed by atoms with van der Waals surface area (Å²) in [7, 11) is 3.22. The van der Waals surface area contributed by atoms with Crippen LogP contribution in [0.15, 0.2) is 36.4 Å². The zero-order valence-corrected chi connectivity index (χ0v) is 16.1. The molecule has 0 unspecified atom stereocenters. The van der Waals surface area contributed by atoms with Crippen molar-refractivity contribution >= 4 is 5.91 Å². The van der Waals surface area contributed by atoms with E-state index in [2.05, 4.69) is 19.2 Å². The fraction of sp³-hybridized carbons (Fsp3) is 0.381. The predicted octanol–water partition coefficient (Wildman–Crippen LogP) is 3.66. The summed E-state index contributed by atoms with van der Waals surface area (Å²) in [5.74, 6) is 1.33. The van der Waals surface area contributed by atoms with Crippen molar-refractivity contribution in [2.75, 3.05) is 20.8 Å². The summed E-state index contributed by atoms with van der Waals surface area (Å²) in [4.78, 5) is 12.4. The van der Waals surface area contributed by atoms with Crippen molar-refractivity contribution in [2.24, 2.45) is 0 Å². The van der Waals surface area contributed by atoms with Crippen molar-refractivity contribution in [3.8, 4) is 11.5 Å². The van der Waals surface area contributed by atoms with Crippen molar-refractivity contribution < 1.29 is 19.0 Å². The summed E-state index contributed by atoms with van der Waals surface area (Å²) in [6.07, 6.45) is 0. The first kappa shape index (κ1) is 19.8. The lowest BCUT2D eigenvalue weighted by atomic mass is 10.1. The number of amides is 1. The number of aryl methyl sites for hydroxylation is 2. The van der Waals surface area contributed by atoms with Gasteiger partial charge in [-0.2, -0.15) is 0 Å². The summed E-state index contributed by atoms with van der Waals surface area (Å²) in [5.41, 5.74) is 3.78. The van der Waals surface area contributed by atoms with Gasteiger partial charge in [0.05, 0.1) is 13.7 Å². The van der Waals surface area contributed by atoms with Crippen molar-refractivity contribution in [3.63, 3.8) is 0 Å². The molecule has 0 fully saturated rings. The fourth-order valence-electron chi connectivity index (χ4n) is 2.60. The molecular weight excluding hydrogens is 330 g/mol. The topological polar surface area (TPSA) is 56.8 Å². The molecule has 0 heterocycles. The Morgan fingerprint density at radius 3 is 2.50 bits per heavy atom. The Balaban J connectivity index is 2.13. The molecule has 0 saturated heterocycles. The van der Waals surface area contributed by atoms with Gasteiger partial charge in [-0.1, -0.05) is 6.07 Å². The monoisotopic (exact) mass is 357 g/mol. The molecule has 0 aromatic heterocycles. The van der Waals surface area contributed by atoms with Gasteiger partial charge in [0.2, 0.25) is 0 Å². The number of methoxy groups -OCH3 is 2. The summed E-state index contributed by atoms with van der Waals surface area (Å²) in [6.45, 7) is 6.80. The van der Waals surface area contributed by atoms with Crippen LogP contribution in [-0.2, 0) is 11.3 Å². The van der Waals surface area contributed by atoms with E-state index in [-0.39, 0.29) is 11.9 Å². The van der Waals surface area contributed by atoms with Gasteiger partial charge in [0.25, 0.3) is 5.91 Å². The van der Waals surface area contributed by atoms with Gasteiger partial charge in [-0.05, 0) is 62.2 Å². The van der Waals surface area contributed by atoms with E-state index >= 15 is 0 Å². The second-order valence-corrected chi connectivity index (χ2v) is 6.39. The molecule has 26 heavy (non-hydrogen) atoms.